The minimum atomic E-state index is -0.490. The molecule has 0 bridgehead atoms. The maximum atomic E-state index is 13.2. The van der Waals surface area contributed by atoms with E-state index >= 15 is 0 Å². The molecular weight excluding hydrogens is 546 g/mol. The Morgan fingerprint density at radius 2 is 1.82 bits per heavy atom. The van der Waals surface area contributed by atoms with Crippen molar-refractivity contribution >= 4 is 40.3 Å². The molecule has 0 aliphatic rings. The molecule has 0 saturated heterocycles. The highest BCUT2D eigenvalue weighted by atomic mass is 127. The Balaban J connectivity index is 1.84. The highest BCUT2D eigenvalue weighted by Crippen LogP contribution is 2.35. The van der Waals surface area contributed by atoms with Crippen molar-refractivity contribution in [1.82, 2.24) is 0 Å². The molecule has 0 radical (unpaired) electrons. The first-order valence-corrected chi connectivity index (χ1v) is 11.7. The molecule has 0 saturated carbocycles. The van der Waals surface area contributed by atoms with Crippen molar-refractivity contribution in [3.8, 4) is 17.6 Å². The number of nitriles is 1. The molecule has 34 heavy (non-hydrogen) atoms. The monoisotopic (exact) mass is 570 g/mol. The van der Waals surface area contributed by atoms with Crippen molar-refractivity contribution in [3.05, 3.63) is 91.8 Å². The van der Waals surface area contributed by atoms with Crippen molar-refractivity contribution in [1.29, 1.82) is 5.26 Å². The van der Waals surface area contributed by atoms with Gasteiger partial charge in [-0.2, -0.15) is 5.26 Å². The van der Waals surface area contributed by atoms with Gasteiger partial charge in [0.2, 0.25) is 0 Å². The van der Waals surface area contributed by atoms with Gasteiger partial charge in [0.1, 0.15) is 24.1 Å². The molecule has 174 valence electrons. The number of nitrogens with zero attached hydrogens (tertiary/aromatic N) is 1. The van der Waals surface area contributed by atoms with Crippen molar-refractivity contribution in [2.24, 2.45) is 0 Å². The van der Waals surface area contributed by atoms with Gasteiger partial charge < -0.3 is 14.8 Å². The Morgan fingerprint density at radius 3 is 2.47 bits per heavy atom. The average Bonchev–Trinajstić information content (AvgIpc) is 2.80. The van der Waals surface area contributed by atoms with Crippen LogP contribution in [0.5, 0.6) is 11.5 Å². The van der Waals surface area contributed by atoms with Crippen LogP contribution in [0, 0.1) is 34.6 Å². The maximum absolute atomic E-state index is 13.2. The summed E-state index contributed by atoms with van der Waals surface area (Å²) < 4.78 is 25.6. The summed E-state index contributed by atoms with van der Waals surface area (Å²) in [4.78, 5) is 12.7. The van der Waals surface area contributed by atoms with E-state index in [9.17, 15) is 14.4 Å². The smallest absolute Gasteiger partial charge is 0.266 e. The third-order valence-corrected chi connectivity index (χ3v) is 5.87. The molecule has 3 rings (SSSR count). The number of carbonyl (C=O) groups is 1. The lowest BCUT2D eigenvalue weighted by Crippen LogP contribution is -2.13. The molecule has 0 atom stereocenters. The summed E-state index contributed by atoms with van der Waals surface area (Å²) in [5, 5.41) is 12.4. The third-order valence-electron chi connectivity index (χ3n) is 5.07. The molecule has 0 aliphatic heterocycles. The van der Waals surface area contributed by atoms with Gasteiger partial charge in [-0.3, -0.25) is 4.79 Å². The number of nitrogens with one attached hydrogen (secondary N) is 1. The molecule has 3 aromatic rings. The Labute approximate surface area is 212 Å². The molecule has 1 amide bonds. The zero-order chi connectivity index (χ0) is 24.7. The lowest BCUT2D eigenvalue weighted by Gasteiger charge is -2.15. The Kier molecular flexibility index (Phi) is 8.66. The van der Waals surface area contributed by atoms with Gasteiger partial charge >= 0.3 is 0 Å². The minimum Gasteiger partial charge on any atom is -0.490 e. The van der Waals surface area contributed by atoms with Gasteiger partial charge in [-0.1, -0.05) is 18.2 Å². The maximum Gasteiger partial charge on any atom is 0.266 e. The molecule has 1 N–H and O–H groups in total. The molecule has 0 aromatic heterocycles. The van der Waals surface area contributed by atoms with E-state index in [0.29, 0.717) is 29.4 Å². The number of ether oxygens (including phenoxy) is 2. The normalized spacial score (nSPS) is 11.0. The van der Waals surface area contributed by atoms with Crippen LogP contribution < -0.4 is 14.8 Å². The predicted molar refractivity (Wildman–Crippen MR) is 139 cm³/mol. The first-order valence-electron chi connectivity index (χ1n) is 10.6. The second kappa shape index (κ2) is 11.7. The zero-order valence-electron chi connectivity index (χ0n) is 19.1. The second-order valence-corrected chi connectivity index (χ2v) is 8.76. The summed E-state index contributed by atoms with van der Waals surface area (Å²) in [6, 6.07) is 17.2. The largest absolute Gasteiger partial charge is 0.490 e. The predicted octanol–water partition coefficient (Wildman–Crippen LogP) is 6.57. The summed E-state index contributed by atoms with van der Waals surface area (Å²) >= 11 is 2.12. The van der Waals surface area contributed by atoms with Gasteiger partial charge in [-0.25, -0.2) is 4.39 Å². The van der Waals surface area contributed by atoms with Crippen molar-refractivity contribution < 1.29 is 18.7 Å². The summed E-state index contributed by atoms with van der Waals surface area (Å²) in [5.41, 5.74) is 4.22. The SMILES string of the molecule is CCOc1cc(/C=C(\C#N)C(=O)Nc2ccc(C)c(C)c2)cc(I)c1OCc1ccc(F)cc1. The van der Waals surface area contributed by atoms with Gasteiger partial charge in [0.15, 0.2) is 11.5 Å². The molecule has 7 heteroatoms. The number of carbonyl (C=O) groups excluding carboxylic acids is 1. The van der Waals surface area contributed by atoms with Gasteiger partial charge in [0.05, 0.1) is 10.2 Å². The lowest BCUT2D eigenvalue weighted by atomic mass is 10.1. The highest BCUT2D eigenvalue weighted by Gasteiger charge is 2.15. The molecule has 0 aliphatic carbocycles. The van der Waals surface area contributed by atoms with Crippen LogP contribution in [0.4, 0.5) is 10.1 Å². The van der Waals surface area contributed by atoms with E-state index < -0.39 is 5.91 Å². The van der Waals surface area contributed by atoms with E-state index in [2.05, 4.69) is 27.9 Å². The van der Waals surface area contributed by atoms with Crippen LogP contribution in [0.2, 0.25) is 0 Å². The van der Waals surface area contributed by atoms with E-state index in [1.807, 2.05) is 45.0 Å². The van der Waals surface area contributed by atoms with Crippen molar-refractivity contribution in [2.75, 3.05) is 11.9 Å². The highest BCUT2D eigenvalue weighted by molar-refractivity contribution is 14.1. The van der Waals surface area contributed by atoms with Crippen LogP contribution in [0.3, 0.4) is 0 Å². The van der Waals surface area contributed by atoms with Gasteiger partial charge in [0.25, 0.3) is 5.91 Å². The molecule has 0 fully saturated rings. The number of hydrogen-bond donors (Lipinski definition) is 1. The third kappa shape index (κ3) is 6.58. The second-order valence-electron chi connectivity index (χ2n) is 7.60. The summed E-state index contributed by atoms with van der Waals surface area (Å²) in [6.07, 6.45) is 1.52. The van der Waals surface area contributed by atoms with E-state index in [1.54, 1.807) is 24.3 Å². The first kappa shape index (κ1) is 25.2. The lowest BCUT2D eigenvalue weighted by molar-refractivity contribution is -0.112. The van der Waals surface area contributed by atoms with Crippen LogP contribution in [-0.2, 0) is 11.4 Å². The fourth-order valence-corrected chi connectivity index (χ4v) is 3.92. The number of amides is 1. The minimum absolute atomic E-state index is 0.0311. The van der Waals surface area contributed by atoms with Gasteiger partial charge in [-0.15, -0.1) is 0 Å². The molecule has 0 heterocycles. The fraction of sp³-hybridized carbons (Fsp3) is 0.185. The molecule has 5 nitrogen and oxygen atoms in total. The average molecular weight is 570 g/mol. The standard InChI is InChI=1S/C27H24FIN2O3/c1-4-33-25-14-20(13-24(29)26(25)34-16-19-6-8-22(28)9-7-19)12-21(15-30)27(32)31-23-10-5-17(2)18(3)11-23/h5-14H,4,16H2,1-3H3,(H,31,32)/b21-12+. The van der Waals surface area contributed by atoms with Crippen LogP contribution in [0.25, 0.3) is 6.08 Å². The Bertz CT molecular complexity index is 1260. The van der Waals surface area contributed by atoms with Crippen LogP contribution >= 0.6 is 22.6 Å². The van der Waals surface area contributed by atoms with Crippen molar-refractivity contribution in [2.45, 2.75) is 27.4 Å². The topological polar surface area (TPSA) is 71.3 Å². The van der Waals surface area contributed by atoms with Gasteiger partial charge in [0, 0.05) is 5.69 Å². The number of anilines is 1. The Hall–Kier alpha value is -3.38. The van der Waals surface area contributed by atoms with E-state index in [4.69, 9.17) is 9.47 Å². The molecule has 3 aromatic carbocycles. The van der Waals surface area contributed by atoms with Crippen LogP contribution in [-0.4, -0.2) is 12.5 Å². The number of rotatable bonds is 8. The van der Waals surface area contributed by atoms with E-state index in [0.717, 1.165) is 20.3 Å². The zero-order valence-corrected chi connectivity index (χ0v) is 21.3. The summed E-state index contributed by atoms with van der Waals surface area (Å²) in [7, 11) is 0. The van der Waals surface area contributed by atoms with Crippen LogP contribution in [0.1, 0.15) is 29.2 Å². The van der Waals surface area contributed by atoms with E-state index in [-0.39, 0.29) is 18.0 Å². The molecular formula is C27H24FIN2O3. The molecule has 0 unspecified atom stereocenters. The quantitative estimate of drug-likeness (QED) is 0.189. The fourth-order valence-electron chi connectivity index (χ4n) is 3.14. The van der Waals surface area contributed by atoms with Crippen molar-refractivity contribution in [3.63, 3.8) is 0 Å². The number of benzene rings is 3. The van der Waals surface area contributed by atoms with Crippen LogP contribution in [0.15, 0.2) is 60.2 Å². The number of aryl methyl sites for hydroxylation is 2. The van der Waals surface area contributed by atoms with E-state index in [1.165, 1.54) is 18.2 Å². The number of hydrogen-bond acceptors (Lipinski definition) is 4. The number of halogens is 2. The Morgan fingerprint density at radius 1 is 1.09 bits per heavy atom. The molecule has 0 spiro atoms. The summed E-state index contributed by atoms with van der Waals surface area (Å²) in [6.45, 7) is 6.47. The summed E-state index contributed by atoms with van der Waals surface area (Å²) in [5.74, 6) is 0.242. The first-order chi connectivity index (χ1) is 16.3. The van der Waals surface area contributed by atoms with Gasteiger partial charge in [-0.05, 0) is 108 Å².